The number of aliphatic imine (C=N–C) groups is 2. The van der Waals surface area contributed by atoms with Crippen LogP contribution >= 0.6 is 25.2 Å². The highest BCUT2D eigenvalue weighted by molar-refractivity contribution is 8.07. The first-order valence-electron chi connectivity index (χ1n) is 13.5. The van der Waals surface area contributed by atoms with Crippen molar-refractivity contribution < 1.29 is 47.3 Å². The Morgan fingerprint density at radius 2 is 1.96 bits per heavy atom. The molecule has 4 saturated heterocycles. The number of thioether (sulfide) groups is 1. The molecule has 0 aromatic carbocycles. The number of nitrogens with one attached hydrogen (secondary N) is 2. The molecule has 4 fully saturated rings. The number of anilines is 1. The summed E-state index contributed by atoms with van der Waals surface area (Å²) in [6.45, 7) is -9.03. The molecular formula is C21H24N10O10P2S3. The molecule has 0 spiro atoms. The molecule has 6 aliphatic rings. The largest absolute Gasteiger partial charge is 0.389 e. The predicted octanol–water partition coefficient (Wildman–Crippen LogP) is -1.70. The topological polar surface area (TPSA) is 267 Å². The molecule has 7 N–H and O–H groups in total. The average molecular weight is 735 g/mol. The van der Waals surface area contributed by atoms with E-state index < -0.39 is 78.9 Å². The lowest BCUT2D eigenvalue weighted by Gasteiger charge is -2.34. The van der Waals surface area contributed by atoms with Crippen LogP contribution in [0.5, 0.6) is 0 Å². The van der Waals surface area contributed by atoms with Crippen LogP contribution in [0.25, 0.3) is 11.2 Å². The van der Waals surface area contributed by atoms with Crippen LogP contribution in [0.3, 0.4) is 0 Å². The molecule has 2 aromatic rings. The molecule has 4 bridgehead atoms. The Balaban J connectivity index is 1.11. The first kappa shape index (κ1) is 31.2. The summed E-state index contributed by atoms with van der Waals surface area (Å²) in [4.78, 5) is 57.2. The van der Waals surface area contributed by atoms with E-state index in [-0.39, 0.29) is 30.8 Å². The summed E-state index contributed by atoms with van der Waals surface area (Å²) in [5.74, 6) is -0.654. The maximum absolute atomic E-state index is 12.4. The van der Waals surface area contributed by atoms with Gasteiger partial charge in [-0.1, -0.05) is 0 Å². The van der Waals surface area contributed by atoms with Crippen LogP contribution in [0.15, 0.2) is 22.6 Å². The fourth-order valence-corrected chi connectivity index (χ4v) is 10.7. The van der Waals surface area contributed by atoms with Crippen molar-refractivity contribution in [3.8, 4) is 0 Å². The number of nitrogens with zero attached hydrogens (tertiary/aromatic N) is 7. The van der Waals surface area contributed by atoms with Gasteiger partial charge in [-0.25, -0.2) is 15.0 Å². The van der Waals surface area contributed by atoms with Crippen molar-refractivity contribution in [3.63, 3.8) is 0 Å². The Hall–Kier alpha value is -2.08. The number of aliphatic hydroxyl groups is 1. The summed E-state index contributed by atoms with van der Waals surface area (Å²) in [6, 6.07) is -1.02. The van der Waals surface area contributed by atoms with E-state index >= 15 is 0 Å². The number of rotatable bonds is 2. The zero-order valence-electron chi connectivity index (χ0n) is 23.0. The average Bonchev–Trinajstić information content (AvgIpc) is 3.80. The number of aromatic nitrogens is 4. The van der Waals surface area contributed by atoms with Crippen molar-refractivity contribution in [1.82, 2.24) is 29.7 Å². The van der Waals surface area contributed by atoms with E-state index in [0.717, 1.165) is 11.8 Å². The molecule has 8 heterocycles. The van der Waals surface area contributed by atoms with Gasteiger partial charge >= 0.3 is 13.4 Å². The number of guanidine groups is 1. The van der Waals surface area contributed by atoms with Gasteiger partial charge in [0.2, 0.25) is 5.96 Å². The highest BCUT2D eigenvalue weighted by atomic mass is 32.5. The number of carbonyl (C=O) groups is 1. The number of hydrogen-bond acceptors (Lipinski definition) is 18. The Labute approximate surface area is 272 Å². The minimum atomic E-state index is -4.16. The number of imidazole rings is 1. The third kappa shape index (κ3) is 5.05. The van der Waals surface area contributed by atoms with Crippen LogP contribution in [0.1, 0.15) is 6.23 Å². The normalized spacial score (nSPS) is 43.9. The summed E-state index contributed by atoms with van der Waals surface area (Å²) >= 11 is 11.9. The molecule has 46 heavy (non-hydrogen) atoms. The first-order valence-corrected chi connectivity index (χ1v) is 19.6. The Kier molecular flexibility index (Phi) is 7.44. The summed E-state index contributed by atoms with van der Waals surface area (Å²) in [5.41, 5.74) is 5.18. The minimum absolute atomic E-state index is 0.0973. The van der Waals surface area contributed by atoms with E-state index in [2.05, 4.69) is 30.3 Å². The Morgan fingerprint density at radius 3 is 2.78 bits per heavy atom. The maximum Gasteiger partial charge on any atom is 0.325 e. The zero-order valence-corrected chi connectivity index (χ0v) is 27.2. The number of nitrogens with two attached hydrogens (primary N) is 1. The van der Waals surface area contributed by atoms with E-state index in [1.54, 1.807) is 4.57 Å². The van der Waals surface area contributed by atoms with Crippen molar-refractivity contribution in [2.75, 3.05) is 25.6 Å². The molecule has 0 saturated carbocycles. The van der Waals surface area contributed by atoms with Crippen molar-refractivity contribution in [2.45, 2.75) is 52.9 Å². The minimum Gasteiger partial charge on any atom is -0.389 e. The third-order valence-electron chi connectivity index (χ3n) is 8.16. The summed E-state index contributed by atoms with van der Waals surface area (Å²) < 4.78 is 37.6. The summed E-state index contributed by atoms with van der Waals surface area (Å²) in [7, 11) is 0. The van der Waals surface area contributed by atoms with Crippen LogP contribution in [0.4, 0.5) is 5.82 Å². The molecule has 0 radical (unpaired) electrons. The maximum atomic E-state index is 12.4. The number of amidine groups is 1. The number of fused-ring (bicyclic) bond motifs is 4. The zero-order chi connectivity index (χ0) is 32.2. The summed E-state index contributed by atoms with van der Waals surface area (Å²) in [5, 5.41) is 19.8. The number of nitrogen functional groups attached to an aromatic ring is 1. The molecule has 6 aliphatic heterocycles. The monoisotopic (exact) mass is 734 g/mol. The molecule has 0 aliphatic carbocycles. The second-order valence-corrected chi connectivity index (χ2v) is 17.9. The number of hydrogen-bond donors (Lipinski definition) is 6. The van der Waals surface area contributed by atoms with Gasteiger partial charge in [0.1, 0.15) is 47.0 Å². The van der Waals surface area contributed by atoms with Gasteiger partial charge in [-0.2, -0.15) is 4.99 Å². The highest BCUT2D eigenvalue weighted by Crippen LogP contribution is 2.59. The molecule has 2 aromatic heterocycles. The van der Waals surface area contributed by atoms with Gasteiger partial charge in [-0.3, -0.25) is 34.1 Å². The van der Waals surface area contributed by atoms with Crippen LogP contribution < -0.4 is 11.1 Å². The number of ether oxygens (including phenoxy) is 2. The second kappa shape index (κ2) is 11.0. The first-order chi connectivity index (χ1) is 21.8. The Morgan fingerprint density at radius 1 is 1.15 bits per heavy atom. The second-order valence-electron chi connectivity index (χ2n) is 11.0. The van der Waals surface area contributed by atoms with Crippen molar-refractivity contribution >= 4 is 89.8 Å². The van der Waals surface area contributed by atoms with Gasteiger partial charge in [-0.15, -0.1) is 11.8 Å². The lowest BCUT2D eigenvalue weighted by Crippen LogP contribution is -2.52. The van der Waals surface area contributed by atoms with E-state index in [1.165, 1.54) is 23.9 Å². The van der Waals surface area contributed by atoms with Gasteiger partial charge in [0.15, 0.2) is 23.7 Å². The van der Waals surface area contributed by atoms with Crippen molar-refractivity contribution in [1.29, 1.82) is 5.41 Å². The number of amides is 1. The van der Waals surface area contributed by atoms with Crippen LogP contribution in [-0.4, -0.2) is 130 Å². The molecule has 20 nitrogen and oxygen atoms in total. The van der Waals surface area contributed by atoms with Gasteiger partial charge < -0.3 is 44.0 Å². The summed E-state index contributed by atoms with van der Waals surface area (Å²) in [6.07, 6.45) is -1.35. The SMILES string of the molecule is N=C1N=C2C(N=CN2[C@@H]2S[C@@H]3COP(O)(=S)O[C@H]4[C@H]5OC[C@]4(COP(O)(=S)O[C@@H]2[C@@H]3O)O[C@H]5n2cnc3c(N)ncnc32)C(=O)N1. The standard InChI is InChI=1S/C21H24N10O10P2S3/c22-14-8-15(25-4-24-14)30(5-26-8)18-12-13-21(39-18,2-36-12)3-38-43(35,45)40-11-10(32)7(1-37-42(34,44)41-13)46-19(11)31-6-27-9-16(31)28-20(23)29-17(9)33/h4-7,9-13,18-19,32H,1-3H2,(H,34,44)(H,35,45)(H2,22,24,25)(H2,23,29,33)/t7-,9?,10-,11-,12-,13+,18-,19-,21-,42?,43?/m1/s1. The van der Waals surface area contributed by atoms with E-state index in [1.807, 2.05) is 0 Å². The van der Waals surface area contributed by atoms with Crippen LogP contribution in [0, 0.1) is 5.41 Å². The van der Waals surface area contributed by atoms with Crippen LogP contribution in [0.2, 0.25) is 0 Å². The van der Waals surface area contributed by atoms with Crippen molar-refractivity contribution in [2.24, 2.45) is 9.98 Å². The third-order valence-corrected chi connectivity index (χ3v) is 12.8. The van der Waals surface area contributed by atoms with Gasteiger partial charge in [0.05, 0.1) is 43.8 Å². The Bertz CT molecular complexity index is 1820. The van der Waals surface area contributed by atoms with E-state index in [9.17, 15) is 19.7 Å². The lowest BCUT2D eigenvalue weighted by molar-refractivity contribution is -0.183. The molecule has 11 atom stereocenters. The fourth-order valence-electron chi connectivity index (χ4n) is 6.07. The molecular weight excluding hydrogens is 710 g/mol. The number of carbonyl (C=O) groups excluding carboxylic acids is 1. The van der Waals surface area contributed by atoms with Gasteiger partial charge in [0.25, 0.3) is 5.91 Å². The predicted molar refractivity (Wildman–Crippen MR) is 166 cm³/mol. The van der Waals surface area contributed by atoms with E-state index in [4.69, 9.17) is 62.3 Å². The molecule has 246 valence electrons. The quantitative estimate of drug-likeness (QED) is 0.188. The molecule has 3 unspecified atom stereocenters. The van der Waals surface area contributed by atoms with Crippen LogP contribution in [-0.2, 0) is 56.0 Å². The van der Waals surface area contributed by atoms with E-state index in [0.29, 0.717) is 11.2 Å². The number of aliphatic hydroxyl groups excluding tert-OH is 1. The van der Waals surface area contributed by atoms with Gasteiger partial charge in [-0.05, 0) is 23.6 Å². The molecule has 25 heteroatoms. The van der Waals surface area contributed by atoms with Crippen molar-refractivity contribution in [3.05, 3.63) is 12.7 Å². The molecule has 1 amide bonds. The fraction of sp³-hybridized carbons (Fsp3) is 0.571. The van der Waals surface area contributed by atoms with Gasteiger partial charge in [0, 0.05) is 0 Å². The highest BCUT2D eigenvalue weighted by Gasteiger charge is 2.65. The molecule has 8 rings (SSSR count). The lowest BCUT2D eigenvalue weighted by atomic mass is 10.0. The smallest absolute Gasteiger partial charge is 0.325 e.